The molecule has 0 amide bonds. The third-order valence-electron chi connectivity index (χ3n) is 3.56. The summed E-state index contributed by atoms with van der Waals surface area (Å²) in [5.74, 6) is 0.716. The van der Waals surface area contributed by atoms with Crippen LogP contribution in [0.5, 0.6) is 0 Å². The number of aromatic nitrogens is 3. The third-order valence-corrected chi connectivity index (χ3v) is 5.61. The van der Waals surface area contributed by atoms with Gasteiger partial charge in [-0.05, 0) is 36.4 Å². The Kier molecular flexibility index (Phi) is 4.54. The minimum Gasteiger partial charge on any atom is -0.267 e. The Bertz CT molecular complexity index is 1080. The van der Waals surface area contributed by atoms with E-state index in [9.17, 15) is 4.79 Å². The lowest BCUT2D eigenvalue weighted by atomic mass is 10.3. The molecule has 6 heteroatoms. The average Bonchev–Trinajstić information content (AvgIpc) is 2.67. The summed E-state index contributed by atoms with van der Waals surface area (Å²) in [5, 5.41) is 2.26. The maximum atomic E-state index is 12.2. The quantitative estimate of drug-likeness (QED) is 0.503. The molecular formula is C19H13N3OS2. The second-order valence-corrected chi connectivity index (χ2v) is 7.32. The summed E-state index contributed by atoms with van der Waals surface area (Å²) in [4.78, 5) is 25.4. The number of pyridine rings is 2. The molecular weight excluding hydrogens is 350 g/mol. The monoisotopic (exact) mass is 363 g/mol. The van der Waals surface area contributed by atoms with Crippen molar-refractivity contribution in [2.24, 2.45) is 0 Å². The maximum absolute atomic E-state index is 12.2. The van der Waals surface area contributed by atoms with Gasteiger partial charge in [0.15, 0.2) is 0 Å². The van der Waals surface area contributed by atoms with Crippen molar-refractivity contribution < 1.29 is 0 Å². The predicted octanol–water partition coefficient (Wildman–Crippen LogP) is 4.41. The molecule has 0 radical (unpaired) electrons. The summed E-state index contributed by atoms with van der Waals surface area (Å²) in [6, 6.07) is 19.2. The molecule has 0 saturated heterocycles. The number of thioether (sulfide) groups is 1. The first-order valence-electron chi connectivity index (χ1n) is 7.70. The second-order valence-electron chi connectivity index (χ2n) is 5.29. The molecule has 0 unspecified atom stereocenters. The molecule has 1 aromatic carbocycles. The van der Waals surface area contributed by atoms with Gasteiger partial charge in [0, 0.05) is 16.6 Å². The van der Waals surface area contributed by atoms with Crippen LogP contribution >= 0.6 is 23.1 Å². The molecule has 3 aromatic heterocycles. The van der Waals surface area contributed by atoms with Gasteiger partial charge in [0.2, 0.25) is 0 Å². The molecule has 0 N–H and O–H groups in total. The van der Waals surface area contributed by atoms with E-state index < -0.39 is 0 Å². The van der Waals surface area contributed by atoms with Crippen LogP contribution < -0.4 is 5.56 Å². The largest absolute Gasteiger partial charge is 0.279 e. The number of rotatable bonds is 4. The standard InChI is InChI=1S/C19H13N3OS2/c23-18-14-7-1-2-9-16(14)25-19(22-18)15-8-5-6-13(21-15)12-24-17-10-3-4-11-20-17/h1-11H,12H2. The lowest BCUT2D eigenvalue weighted by Crippen LogP contribution is -2.06. The number of nitrogens with zero attached hydrogens (tertiary/aromatic N) is 3. The summed E-state index contributed by atoms with van der Waals surface area (Å²) in [6.07, 6.45) is 1.78. The van der Waals surface area contributed by atoms with Crippen molar-refractivity contribution >= 4 is 33.2 Å². The Balaban J connectivity index is 1.64. The normalized spacial score (nSPS) is 10.9. The zero-order chi connectivity index (χ0) is 17.1. The molecule has 4 rings (SSSR count). The summed E-state index contributed by atoms with van der Waals surface area (Å²) < 4.78 is 0.924. The van der Waals surface area contributed by atoms with Crippen molar-refractivity contribution in [2.45, 2.75) is 10.8 Å². The minimum absolute atomic E-state index is 0.209. The summed E-state index contributed by atoms with van der Waals surface area (Å²) in [5.41, 5.74) is 1.45. The highest BCUT2D eigenvalue weighted by atomic mass is 32.2. The highest BCUT2D eigenvalue weighted by Gasteiger charge is 2.08. The van der Waals surface area contributed by atoms with Crippen LogP contribution in [0, 0.1) is 0 Å². The zero-order valence-electron chi connectivity index (χ0n) is 13.1. The Labute approximate surface area is 152 Å². The van der Waals surface area contributed by atoms with Crippen LogP contribution in [0.3, 0.4) is 0 Å². The topological polar surface area (TPSA) is 55.7 Å². The van der Waals surface area contributed by atoms with Crippen molar-refractivity contribution in [1.29, 1.82) is 0 Å². The summed E-state index contributed by atoms with van der Waals surface area (Å²) in [7, 11) is 0. The predicted molar refractivity (Wildman–Crippen MR) is 103 cm³/mol. The molecule has 0 aliphatic heterocycles. The van der Waals surface area contributed by atoms with Gasteiger partial charge in [-0.15, -0.1) is 23.1 Å². The minimum atomic E-state index is -0.209. The Morgan fingerprint density at radius 3 is 2.68 bits per heavy atom. The van der Waals surface area contributed by atoms with Gasteiger partial charge in [-0.2, -0.15) is 4.98 Å². The molecule has 3 heterocycles. The summed E-state index contributed by atoms with van der Waals surface area (Å²) in [6.45, 7) is 0. The van der Waals surface area contributed by atoms with E-state index in [4.69, 9.17) is 0 Å². The van der Waals surface area contributed by atoms with E-state index in [-0.39, 0.29) is 5.56 Å². The van der Waals surface area contributed by atoms with E-state index in [1.807, 2.05) is 54.6 Å². The fourth-order valence-corrected chi connectivity index (χ4v) is 4.11. The van der Waals surface area contributed by atoms with Gasteiger partial charge in [0.05, 0.1) is 21.8 Å². The van der Waals surface area contributed by atoms with Crippen molar-refractivity contribution in [3.05, 3.63) is 82.9 Å². The van der Waals surface area contributed by atoms with Crippen molar-refractivity contribution in [2.75, 3.05) is 0 Å². The SMILES string of the molecule is O=c1nc(-c2cccc(CSc3ccccn3)n2)sc2ccccc12. The highest BCUT2D eigenvalue weighted by molar-refractivity contribution is 7.98. The van der Waals surface area contributed by atoms with Gasteiger partial charge >= 0.3 is 0 Å². The molecule has 25 heavy (non-hydrogen) atoms. The zero-order valence-corrected chi connectivity index (χ0v) is 14.8. The van der Waals surface area contributed by atoms with E-state index >= 15 is 0 Å². The first-order valence-corrected chi connectivity index (χ1v) is 9.50. The smallest absolute Gasteiger partial charge is 0.267 e. The molecule has 0 atom stereocenters. The van der Waals surface area contributed by atoms with Crippen LogP contribution in [-0.4, -0.2) is 15.0 Å². The second kappa shape index (κ2) is 7.13. The van der Waals surface area contributed by atoms with Crippen LogP contribution in [-0.2, 0) is 5.75 Å². The third kappa shape index (κ3) is 3.60. The van der Waals surface area contributed by atoms with Gasteiger partial charge in [-0.3, -0.25) is 4.79 Å². The van der Waals surface area contributed by atoms with Crippen LogP contribution in [0.15, 0.2) is 76.7 Å². The molecule has 0 aliphatic rings. The molecule has 0 bridgehead atoms. The number of hydrogen-bond donors (Lipinski definition) is 0. The maximum Gasteiger partial charge on any atom is 0.279 e. The van der Waals surface area contributed by atoms with Crippen LogP contribution in [0.2, 0.25) is 0 Å². The lowest BCUT2D eigenvalue weighted by Gasteiger charge is -2.04. The van der Waals surface area contributed by atoms with E-state index in [1.165, 1.54) is 11.3 Å². The lowest BCUT2D eigenvalue weighted by molar-refractivity contribution is 1.12. The fraction of sp³-hybridized carbons (Fsp3) is 0.0526. The van der Waals surface area contributed by atoms with Gasteiger partial charge in [-0.1, -0.05) is 24.3 Å². The van der Waals surface area contributed by atoms with Crippen molar-refractivity contribution in [3.63, 3.8) is 0 Å². The number of hydrogen-bond acceptors (Lipinski definition) is 6. The summed E-state index contributed by atoms with van der Waals surface area (Å²) >= 11 is 3.12. The van der Waals surface area contributed by atoms with Gasteiger partial charge in [0.25, 0.3) is 5.56 Å². The first kappa shape index (κ1) is 15.9. The van der Waals surface area contributed by atoms with Crippen LogP contribution in [0.1, 0.15) is 5.69 Å². The van der Waals surface area contributed by atoms with Crippen LogP contribution in [0.4, 0.5) is 0 Å². The van der Waals surface area contributed by atoms with Crippen LogP contribution in [0.25, 0.3) is 20.8 Å². The number of fused-ring (bicyclic) bond motifs is 1. The molecule has 122 valence electrons. The molecule has 4 aromatic rings. The Hall–Kier alpha value is -2.57. The molecule has 0 aliphatic carbocycles. The van der Waals surface area contributed by atoms with E-state index in [0.29, 0.717) is 16.1 Å². The van der Waals surface area contributed by atoms with Gasteiger partial charge in [0.1, 0.15) is 5.01 Å². The molecule has 0 fully saturated rings. The van der Waals surface area contributed by atoms with Gasteiger partial charge < -0.3 is 0 Å². The van der Waals surface area contributed by atoms with Gasteiger partial charge in [-0.25, -0.2) is 9.97 Å². The fourth-order valence-electron chi connectivity index (χ4n) is 2.38. The molecule has 0 saturated carbocycles. The molecule has 0 spiro atoms. The average molecular weight is 363 g/mol. The first-order chi connectivity index (χ1) is 12.3. The number of benzene rings is 1. The highest BCUT2D eigenvalue weighted by Crippen LogP contribution is 2.26. The molecule has 4 nitrogen and oxygen atoms in total. The van der Waals surface area contributed by atoms with E-state index in [0.717, 1.165) is 21.1 Å². The van der Waals surface area contributed by atoms with E-state index in [1.54, 1.807) is 24.0 Å². The Morgan fingerprint density at radius 1 is 0.920 bits per heavy atom. The van der Waals surface area contributed by atoms with Crippen molar-refractivity contribution in [3.8, 4) is 10.7 Å². The van der Waals surface area contributed by atoms with Crippen molar-refractivity contribution in [1.82, 2.24) is 15.0 Å². The Morgan fingerprint density at radius 2 is 1.80 bits per heavy atom. The van der Waals surface area contributed by atoms with E-state index in [2.05, 4.69) is 15.0 Å².